The van der Waals surface area contributed by atoms with Gasteiger partial charge in [-0.25, -0.2) is 0 Å². The van der Waals surface area contributed by atoms with E-state index in [2.05, 4.69) is 6.58 Å². The van der Waals surface area contributed by atoms with Crippen molar-refractivity contribution in [2.45, 2.75) is 6.18 Å². The molecule has 4 heteroatoms. The smallest absolute Gasteiger partial charge is 0.399 e. The monoisotopic (exact) mass is 187 g/mol. The van der Waals surface area contributed by atoms with E-state index in [0.717, 1.165) is 12.1 Å². The maximum absolute atomic E-state index is 12.2. The summed E-state index contributed by atoms with van der Waals surface area (Å²) >= 11 is 0. The number of rotatable bonds is 1. The van der Waals surface area contributed by atoms with Crippen LogP contribution in [-0.4, -0.2) is 0 Å². The van der Waals surface area contributed by atoms with Crippen molar-refractivity contribution < 1.29 is 13.2 Å². The average molecular weight is 187 g/mol. The lowest BCUT2D eigenvalue weighted by atomic mass is 10.1. The first-order chi connectivity index (χ1) is 5.91. The van der Waals surface area contributed by atoms with E-state index in [1.165, 1.54) is 12.1 Å². The summed E-state index contributed by atoms with van der Waals surface area (Å²) in [5.74, 6) is 0. The molecule has 70 valence electrons. The van der Waals surface area contributed by atoms with Crippen LogP contribution in [0.15, 0.2) is 30.8 Å². The van der Waals surface area contributed by atoms with Gasteiger partial charge in [0.2, 0.25) is 0 Å². The molecule has 2 N–H and O–H groups in total. The number of hydrogen-bond acceptors (Lipinski definition) is 1. The molecule has 0 atom stereocenters. The maximum atomic E-state index is 12.2. The van der Waals surface area contributed by atoms with Crippen LogP contribution < -0.4 is 5.73 Å². The van der Waals surface area contributed by atoms with Gasteiger partial charge in [0.25, 0.3) is 0 Å². The van der Waals surface area contributed by atoms with Crippen LogP contribution in [0.2, 0.25) is 0 Å². The van der Waals surface area contributed by atoms with Crippen LogP contribution in [0.25, 0.3) is 5.70 Å². The van der Waals surface area contributed by atoms with Gasteiger partial charge in [-0.1, -0.05) is 18.7 Å². The number of nitrogens with two attached hydrogens (primary N) is 1. The second kappa shape index (κ2) is 3.12. The summed E-state index contributed by atoms with van der Waals surface area (Å²) < 4.78 is 36.5. The second-order valence-electron chi connectivity index (χ2n) is 2.60. The molecule has 0 aliphatic rings. The van der Waals surface area contributed by atoms with Crippen molar-refractivity contribution in [3.05, 3.63) is 42.0 Å². The van der Waals surface area contributed by atoms with Crippen molar-refractivity contribution in [2.75, 3.05) is 0 Å². The molecule has 0 amide bonds. The van der Waals surface area contributed by atoms with E-state index >= 15 is 0 Å². The third kappa shape index (κ3) is 2.24. The van der Waals surface area contributed by atoms with Crippen molar-refractivity contribution in [2.24, 2.45) is 5.73 Å². The number of benzene rings is 1. The van der Waals surface area contributed by atoms with Crippen LogP contribution in [0.3, 0.4) is 0 Å². The Labute approximate surface area is 73.7 Å². The molecule has 1 aromatic carbocycles. The quantitative estimate of drug-likeness (QED) is 0.718. The zero-order valence-corrected chi connectivity index (χ0v) is 6.73. The van der Waals surface area contributed by atoms with Crippen LogP contribution in [0.4, 0.5) is 13.2 Å². The van der Waals surface area contributed by atoms with Gasteiger partial charge in [0.05, 0.1) is 5.56 Å². The normalized spacial score (nSPS) is 11.3. The van der Waals surface area contributed by atoms with Gasteiger partial charge >= 0.3 is 6.18 Å². The van der Waals surface area contributed by atoms with Crippen molar-refractivity contribution in [3.63, 3.8) is 0 Å². The number of hydrogen-bond donors (Lipinski definition) is 1. The summed E-state index contributed by atoms with van der Waals surface area (Å²) in [4.78, 5) is 0. The summed E-state index contributed by atoms with van der Waals surface area (Å²) in [5.41, 5.74) is 4.98. The topological polar surface area (TPSA) is 26.0 Å². The van der Waals surface area contributed by atoms with E-state index in [0.29, 0.717) is 5.56 Å². The van der Waals surface area contributed by atoms with Gasteiger partial charge in [-0.05, 0) is 17.7 Å². The zero-order valence-electron chi connectivity index (χ0n) is 6.73. The molecule has 0 aliphatic heterocycles. The largest absolute Gasteiger partial charge is 0.416 e. The fourth-order valence-electron chi connectivity index (χ4n) is 0.895. The molecule has 0 saturated heterocycles. The SMILES string of the molecule is C=C(N)c1cccc(C(F)(F)F)c1. The molecule has 0 aromatic heterocycles. The summed E-state index contributed by atoms with van der Waals surface area (Å²) in [6, 6.07) is 4.75. The van der Waals surface area contributed by atoms with Crippen LogP contribution in [0.1, 0.15) is 11.1 Å². The van der Waals surface area contributed by atoms with Crippen LogP contribution in [0.5, 0.6) is 0 Å². The van der Waals surface area contributed by atoms with Crippen molar-refractivity contribution in [1.82, 2.24) is 0 Å². The van der Waals surface area contributed by atoms with E-state index in [9.17, 15) is 13.2 Å². The van der Waals surface area contributed by atoms with E-state index in [1.54, 1.807) is 0 Å². The molecule has 1 nitrogen and oxygen atoms in total. The molecule has 0 heterocycles. The van der Waals surface area contributed by atoms with Crippen molar-refractivity contribution in [1.29, 1.82) is 0 Å². The van der Waals surface area contributed by atoms with E-state index in [4.69, 9.17) is 5.73 Å². The molecule has 0 spiro atoms. The molecule has 0 aliphatic carbocycles. The highest BCUT2D eigenvalue weighted by Crippen LogP contribution is 2.30. The highest BCUT2D eigenvalue weighted by molar-refractivity contribution is 5.60. The van der Waals surface area contributed by atoms with Crippen molar-refractivity contribution >= 4 is 5.70 Å². The average Bonchev–Trinajstić information content (AvgIpc) is 2.03. The van der Waals surface area contributed by atoms with Crippen LogP contribution in [0, 0.1) is 0 Å². The molecule has 13 heavy (non-hydrogen) atoms. The lowest BCUT2D eigenvalue weighted by molar-refractivity contribution is -0.137. The molecule has 0 fully saturated rings. The van der Waals surface area contributed by atoms with E-state index in [1.807, 2.05) is 0 Å². The minimum atomic E-state index is -4.33. The lowest BCUT2D eigenvalue weighted by Gasteiger charge is -2.07. The molecule has 0 bridgehead atoms. The summed E-state index contributed by atoms with van der Waals surface area (Å²) in [7, 11) is 0. The lowest BCUT2D eigenvalue weighted by Crippen LogP contribution is -2.05. The predicted molar refractivity (Wildman–Crippen MR) is 44.7 cm³/mol. The minimum Gasteiger partial charge on any atom is -0.399 e. The summed E-state index contributed by atoms with van der Waals surface area (Å²) in [5, 5.41) is 0. The number of halogens is 3. The molecule has 0 unspecified atom stereocenters. The third-order valence-corrected chi connectivity index (χ3v) is 1.56. The Balaban J connectivity index is 3.13. The van der Waals surface area contributed by atoms with Gasteiger partial charge in [-0.3, -0.25) is 0 Å². The van der Waals surface area contributed by atoms with E-state index < -0.39 is 11.7 Å². The molecular weight excluding hydrogens is 179 g/mol. The maximum Gasteiger partial charge on any atom is 0.416 e. The van der Waals surface area contributed by atoms with Gasteiger partial charge in [0.1, 0.15) is 0 Å². The van der Waals surface area contributed by atoms with Gasteiger partial charge in [0.15, 0.2) is 0 Å². The fraction of sp³-hybridized carbons (Fsp3) is 0.111. The van der Waals surface area contributed by atoms with Crippen LogP contribution in [-0.2, 0) is 6.18 Å². The van der Waals surface area contributed by atoms with E-state index in [-0.39, 0.29) is 5.70 Å². The van der Waals surface area contributed by atoms with Crippen LogP contribution >= 0.6 is 0 Å². The number of alkyl halides is 3. The summed E-state index contributed by atoms with van der Waals surface area (Å²) in [6.07, 6.45) is -4.33. The Bertz CT molecular complexity index is 328. The first kappa shape index (κ1) is 9.64. The first-order valence-corrected chi connectivity index (χ1v) is 3.53. The predicted octanol–water partition coefficient (Wildman–Crippen LogP) is 2.63. The Morgan fingerprint density at radius 2 is 1.92 bits per heavy atom. The highest BCUT2D eigenvalue weighted by Gasteiger charge is 2.30. The first-order valence-electron chi connectivity index (χ1n) is 3.53. The molecular formula is C9H8F3N. The Kier molecular flexibility index (Phi) is 2.32. The Morgan fingerprint density at radius 3 is 2.38 bits per heavy atom. The Morgan fingerprint density at radius 1 is 1.31 bits per heavy atom. The minimum absolute atomic E-state index is 0.131. The molecule has 1 aromatic rings. The second-order valence-corrected chi connectivity index (χ2v) is 2.60. The Hall–Kier alpha value is -1.45. The fourth-order valence-corrected chi connectivity index (χ4v) is 0.895. The third-order valence-electron chi connectivity index (χ3n) is 1.56. The van der Waals surface area contributed by atoms with Gasteiger partial charge in [0, 0.05) is 5.70 Å². The van der Waals surface area contributed by atoms with Crippen molar-refractivity contribution in [3.8, 4) is 0 Å². The molecule has 1 rings (SSSR count). The van der Waals surface area contributed by atoms with Gasteiger partial charge < -0.3 is 5.73 Å². The zero-order chi connectivity index (χ0) is 10.1. The highest BCUT2D eigenvalue weighted by atomic mass is 19.4. The molecule has 0 saturated carbocycles. The van der Waals surface area contributed by atoms with Gasteiger partial charge in [-0.2, -0.15) is 13.2 Å². The molecule has 0 radical (unpaired) electrons. The van der Waals surface area contributed by atoms with Gasteiger partial charge in [-0.15, -0.1) is 0 Å². The standard InChI is InChI=1S/C9H8F3N/c1-6(13)7-3-2-4-8(5-7)9(10,11)12/h2-5H,1,13H2. The summed E-state index contributed by atoms with van der Waals surface area (Å²) in [6.45, 7) is 3.36.